The number of hydrogen-bond donors (Lipinski definition) is 1. The van der Waals surface area contributed by atoms with E-state index in [1.165, 1.54) is 39.0 Å². The molecule has 0 aromatic heterocycles. The third-order valence-electron chi connectivity index (χ3n) is 10.3. The van der Waals surface area contributed by atoms with Crippen molar-refractivity contribution < 1.29 is 0 Å². The minimum atomic E-state index is 0.674. The first-order valence-corrected chi connectivity index (χ1v) is 13.8. The van der Waals surface area contributed by atoms with Gasteiger partial charge in [-0.15, -0.1) is 0 Å². The Balaban J connectivity index is 1.64. The minimum Gasteiger partial charge on any atom is -0.314 e. The standard InChI is InChI=1S/C28H55N3/c1-17(2)26-11-12-31(23(8)22(26)7)25(10)28-19(4)15-30(16-20(28)5)24(9)27-13-21(6)29-14-18(27)3/h17-29H,11-16H2,1-10H3. The highest BCUT2D eigenvalue weighted by atomic mass is 15.2. The zero-order chi connectivity index (χ0) is 23.0. The number of likely N-dealkylation sites (tertiary alicyclic amines) is 2. The number of piperidine rings is 3. The van der Waals surface area contributed by atoms with Gasteiger partial charge in [0.15, 0.2) is 0 Å². The fourth-order valence-corrected chi connectivity index (χ4v) is 8.27. The fourth-order valence-electron chi connectivity index (χ4n) is 8.27. The molecule has 3 aliphatic rings. The maximum Gasteiger partial charge on any atom is 0.0104 e. The van der Waals surface area contributed by atoms with Gasteiger partial charge in [-0.3, -0.25) is 9.80 Å². The number of nitrogens with zero attached hydrogens (tertiary/aromatic N) is 2. The first kappa shape index (κ1) is 25.5. The van der Waals surface area contributed by atoms with Crippen LogP contribution in [0.25, 0.3) is 0 Å². The molecular weight excluding hydrogens is 378 g/mol. The maximum atomic E-state index is 3.69. The Bertz CT molecular complexity index is 550. The Hall–Kier alpha value is -0.120. The van der Waals surface area contributed by atoms with Gasteiger partial charge in [-0.1, -0.05) is 41.5 Å². The van der Waals surface area contributed by atoms with Crippen LogP contribution >= 0.6 is 0 Å². The Morgan fingerprint density at radius 3 is 1.97 bits per heavy atom. The molecule has 0 radical (unpaired) electrons. The molecular formula is C28H55N3. The molecule has 3 heteroatoms. The molecule has 10 unspecified atom stereocenters. The van der Waals surface area contributed by atoms with Gasteiger partial charge in [-0.2, -0.15) is 0 Å². The molecule has 3 heterocycles. The second-order valence-electron chi connectivity index (χ2n) is 12.7. The van der Waals surface area contributed by atoms with Crippen molar-refractivity contribution in [2.45, 2.75) is 106 Å². The second kappa shape index (κ2) is 10.4. The first-order valence-electron chi connectivity index (χ1n) is 13.8. The van der Waals surface area contributed by atoms with Crippen molar-refractivity contribution in [3.63, 3.8) is 0 Å². The van der Waals surface area contributed by atoms with Crippen LogP contribution in [0.5, 0.6) is 0 Å². The minimum absolute atomic E-state index is 0.674. The zero-order valence-electron chi connectivity index (χ0n) is 22.6. The third kappa shape index (κ3) is 5.35. The molecule has 3 saturated heterocycles. The molecule has 0 aliphatic carbocycles. The topological polar surface area (TPSA) is 18.5 Å². The van der Waals surface area contributed by atoms with Crippen LogP contribution in [0.15, 0.2) is 0 Å². The van der Waals surface area contributed by atoms with Crippen molar-refractivity contribution in [3.05, 3.63) is 0 Å². The Morgan fingerprint density at radius 2 is 1.39 bits per heavy atom. The number of hydrogen-bond acceptors (Lipinski definition) is 3. The first-order chi connectivity index (χ1) is 14.5. The van der Waals surface area contributed by atoms with Crippen LogP contribution in [-0.2, 0) is 0 Å². The molecule has 3 nitrogen and oxygen atoms in total. The van der Waals surface area contributed by atoms with Crippen molar-refractivity contribution in [3.8, 4) is 0 Å². The van der Waals surface area contributed by atoms with Gasteiger partial charge in [0.2, 0.25) is 0 Å². The van der Waals surface area contributed by atoms with E-state index in [2.05, 4.69) is 84.4 Å². The van der Waals surface area contributed by atoms with Crippen molar-refractivity contribution in [2.24, 2.45) is 47.3 Å². The number of nitrogens with one attached hydrogen (secondary N) is 1. The lowest BCUT2D eigenvalue weighted by atomic mass is 9.70. The van der Waals surface area contributed by atoms with E-state index < -0.39 is 0 Å². The van der Waals surface area contributed by atoms with Crippen LogP contribution in [0.4, 0.5) is 0 Å². The van der Waals surface area contributed by atoms with Gasteiger partial charge < -0.3 is 5.32 Å². The summed E-state index contributed by atoms with van der Waals surface area (Å²) < 4.78 is 0. The molecule has 0 aromatic carbocycles. The number of rotatable bonds is 5. The molecule has 31 heavy (non-hydrogen) atoms. The van der Waals surface area contributed by atoms with Crippen molar-refractivity contribution in [1.82, 2.24) is 15.1 Å². The van der Waals surface area contributed by atoms with E-state index >= 15 is 0 Å². The summed E-state index contributed by atoms with van der Waals surface area (Å²) in [5, 5.41) is 3.69. The predicted octanol–water partition coefficient (Wildman–Crippen LogP) is 5.60. The van der Waals surface area contributed by atoms with Crippen LogP contribution in [0.3, 0.4) is 0 Å². The molecule has 0 amide bonds. The molecule has 3 fully saturated rings. The highest BCUT2D eigenvalue weighted by Gasteiger charge is 2.44. The molecule has 10 atom stereocenters. The molecule has 0 spiro atoms. The van der Waals surface area contributed by atoms with E-state index in [0.717, 1.165) is 47.3 Å². The summed E-state index contributed by atoms with van der Waals surface area (Å²) in [6, 6.07) is 2.80. The molecule has 3 aliphatic heterocycles. The van der Waals surface area contributed by atoms with E-state index in [1.54, 1.807) is 0 Å². The van der Waals surface area contributed by atoms with Crippen LogP contribution in [0, 0.1) is 47.3 Å². The SMILES string of the molecule is CC1CC(C(C)N2CC(C)C(C(C)N3CCC(C(C)C)C(C)C3C)C(C)C2)C(C)CN1. The molecule has 3 rings (SSSR count). The van der Waals surface area contributed by atoms with Gasteiger partial charge in [0.05, 0.1) is 0 Å². The van der Waals surface area contributed by atoms with E-state index in [0.29, 0.717) is 24.2 Å². The van der Waals surface area contributed by atoms with E-state index in [1.807, 2.05) is 0 Å². The highest BCUT2D eigenvalue weighted by molar-refractivity contribution is 4.97. The lowest BCUT2D eigenvalue weighted by Crippen LogP contribution is -2.59. The molecule has 0 aromatic rings. The summed E-state index contributed by atoms with van der Waals surface area (Å²) in [6.07, 6.45) is 2.72. The van der Waals surface area contributed by atoms with Crippen LogP contribution in [0.2, 0.25) is 0 Å². The summed E-state index contributed by atoms with van der Waals surface area (Å²) in [7, 11) is 0. The summed E-state index contributed by atoms with van der Waals surface area (Å²) in [4.78, 5) is 5.77. The van der Waals surface area contributed by atoms with Crippen LogP contribution < -0.4 is 5.32 Å². The van der Waals surface area contributed by atoms with Gasteiger partial charge >= 0.3 is 0 Å². The van der Waals surface area contributed by atoms with Gasteiger partial charge in [-0.05, 0) is 101 Å². The molecule has 182 valence electrons. The highest BCUT2D eigenvalue weighted by Crippen LogP contribution is 2.41. The normalized spacial score (nSPS) is 45.6. The second-order valence-corrected chi connectivity index (χ2v) is 12.7. The molecule has 0 bridgehead atoms. The largest absolute Gasteiger partial charge is 0.314 e. The summed E-state index contributed by atoms with van der Waals surface area (Å²) in [5.74, 6) is 6.52. The summed E-state index contributed by atoms with van der Waals surface area (Å²) in [6.45, 7) is 30.0. The van der Waals surface area contributed by atoms with Gasteiger partial charge in [0.1, 0.15) is 0 Å². The van der Waals surface area contributed by atoms with Gasteiger partial charge in [0.25, 0.3) is 0 Å². The summed E-state index contributed by atoms with van der Waals surface area (Å²) >= 11 is 0. The quantitative estimate of drug-likeness (QED) is 0.608. The fraction of sp³-hybridized carbons (Fsp3) is 1.00. The van der Waals surface area contributed by atoms with Crippen molar-refractivity contribution in [2.75, 3.05) is 26.2 Å². The molecule has 1 N–H and O–H groups in total. The van der Waals surface area contributed by atoms with Gasteiger partial charge in [0, 0.05) is 37.3 Å². The lowest BCUT2D eigenvalue weighted by molar-refractivity contribution is -0.0513. The monoisotopic (exact) mass is 433 g/mol. The summed E-state index contributed by atoms with van der Waals surface area (Å²) in [5.41, 5.74) is 0. The predicted molar refractivity (Wildman–Crippen MR) is 135 cm³/mol. The van der Waals surface area contributed by atoms with E-state index in [4.69, 9.17) is 0 Å². The van der Waals surface area contributed by atoms with Crippen LogP contribution in [-0.4, -0.2) is 60.1 Å². The smallest absolute Gasteiger partial charge is 0.0104 e. The average molecular weight is 434 g/mol. The van der Waals surface area contributed by atoms with Crippen molar-refractivity contribution >= 4 is 0 Å². The van der Waals surface area contributed by atoms with E-state index in [-0.39, 0.29) is 0 Å². The maximum absolute atomic E-state index is 3.69. The van der Waals surface area contributed by atoms with E-state index in [9.17, 15) is 0 Å². The third-order valence-corrected chi connectivity index (χ3v) is 10.3. The van der Waals surface area contributed by atoms with Gasteiger partial charge in [-0.25, -0.2) is 0 Å². The lowest BCUT2D eigenvalue weighted by Gasteiger charge is -2.54. The van der Waals surface area contributed by atoms with Crippen molar-refractivity contribution in [1.29, 1.82) is 0 Å². The molecule has 0 saturated carbocycles. The zero-order valence-corrected chi connectivity index (χ0v) is 22.6. The van der Waals surface area contributed by atoms with Crippen LogP contribution in [0.1, 0.15) is 82.1 Å². The Kier molecular flexibility index (Phi) is 8.58. The Labute approximate surface area is 195 Å². The Morgan fingerprint density at radius 1 is 0.774 bits per heavy atom. The average Bonchev–Trinajstić information content (AvgIpc) is 2.70.